The second-order valence-electron chi connectivity index (χ2n) is 6.30. The fourth-order valence-corrected chi connectivity index (χ4v) is 4.38. The van der Waals surface area contributed by atoms with Gasteiger partial charge in [0, 0.05) is 16.2 Å². The van der Waals surface area contributed by atoms with Gasteiger partial charge in [0.15, 0.2) is 11.5 Å². The van der Waals surface area contributed by atoms with Crippen LogP contribution in [0.1, 0.15) is 49.2 Å². The maximum Gasteiger partial charge on any atom is 0.252 e. The van der Waals surface area contributed by atoms with Crippen LogP contribution in [0.2, 0.25) is 0 Å². The lowest BCUT2D eigenvalue weighted by atomic mass is 10.0. The Bertz CT molecular complexity index is 797. The Morgan fingerprint density at radius 2 is 1.68 bits per heavy atom. The molecule has 2 aromatic rings. The van der Waals surface area contributed by atoms with Crippen LogP contribution in [0.5, 0.6) is 17.2 Å². The first kappa shape index (κ1) is 20.4. The van der Waals surface area contributed by atoms with Crippen molar-refractivity contribution in [3.8, 4) is 17.2 Å². The molecular weight excluding hydrogens is 374 g/mol. The fourth-order valence-electron chi connectivity index (χ4n) is 3.25. The summed E-state index contributed by atoms with van der Waals surface area (Å²) in [6.45, 7) is 7.15. The minimum atomic E-state index is -0.142. The number of amides is 1. The summed E-state index contributed by atoms with van der Waals surface area (Å²) in [5.41, 5.74) is 1.68. The van der Waals surface area contributed by atoms with E-state index in [1.807, 2.05) is 44.7 Å². The Hall–Kier alpha value is -2.34. The second-order valence-corrected chi connectivity index (χ2v) is 7.44. The minimum Gasteiger partial charge on any atom is -0.490 e. The third-order valence-electron chi connectivity index (χ3n) is 4.44. The number of rotatable bonds is 8. The molecule has 0 radical (unpaired) electrons. The first-order chi connectivity index (χ1) is 13.7. The standard InChI is InChI=1S/C22H27NO4S/c1-4-25-18-13-15(14-19(26-5-2)21(18)27-6-3)22(24)23-17-11-12-28-20-10-8-7-9-16(17)20/h7-10,13-14,17H,4-6,11-12H2,1-3H3,(H,23,24)/t17-/m0/s1. The van der Waals surface area contributed by atoms with Gasteiger partial charge in [-0.2, -0.15) is 0 Å². The van der Waals surface area contributed by atoms with Gasteiger partial charge in [-0.05, 0) is 51.0 Å². The highest BCUT2D eigenvalue weighted by Gasteiger charge is 2.24. The lowest BCUT2D eigenvalue weighted by molar-refractivity contribution is 0.0934. The first-order valence-electron chi connectivity index (χ1n) is 9.76. The van der Waals surface area contributed by atoms with E-state index in [2.05, 4.69) is 17.4 Å². The Labute approximate surface area is 170 Å². The summed E-state index contributed by atoms with van der Waals surface area (Å²) >= 11 is 1.83. The number of benzene rings is 2. The van der Waals surface area contributed by atoms with Crippen LogP contribution in [0.25, 0.3) is 0 Å². The SMILES string of the molecule is CCOc1cc(C(=O)N[C@H]2CCSc3ccccc32)cc(OCC)c1OCC. The normalized spacial score (nSPS) is 15.5. The predicted octanol–water partition coefficient (Wildman–Crippen LogP) is 4.85. The molecule has 1 amide bonds. The minimum absolute atomic E-state index is 0.00241. The van der Waals surface area contributed by atoms with Gasteiger partial charge in [0.05, 0.1) is 25.9 Å². The number of hydrogen-bond acceptors (Lipinski definition) is 5. The molecular formula is C22H27NO4S. The summed E-state index contributed by atoms with van der Waals surface area (Å²) in [6, 6.07) is 11.7. The third-order valence-corrected chi connectivity index (χ3v) is 5.56. The molecule has 0 spiro atoms. The highest BCUT2D eigenvalue weighted by molar-refractivity contribution is 7.99. The van der Waals surface area contributed by atoms with Gasteiger partial charge in [-0.25, -0.2) is 0 Å². The van der Waals surface area contributed by atoms with Gasteiger partial charge < -0.3 is 19.5 Å². The largest absolute Gasteiger partial charge is 0.490 e. The summed E-state index contributed by atoms with van der Waals surface area (Å²) in [4.78, 5) is 14.3. The molecule has 0 bridgehead atoms. The number of nitrogens with one attached hydrogen (secondary N) is 1. The van der Waals surface area contributed by atoms with Crippen LogP contribution in [0.4, 0.5) is 0 Å². The molecule has 0 fully saturated rings. The van der Waals surface area contributed by atoms with Crippen LogP contribution in [-0.4, -0.2) is 31.5 Å². The van der Waals surface area contributed by atoms with Crippen molar-refractivity contribution in [2.24, 2.45) is 0 Å². The lowest BCUT2D eigenvalue weighted by Gasteiger charge is -2.26. The molecule has 0 aliphatic carbocycles. The van der Waals surface area contributed by atoms with Crippen LogP contribution < -0.4 is 19.5 Å². The number of hydrogen-bond donors (Lipinski definition) is 1. The van der Waals surface area contributed by atoms with Gasteiger partial charge >= 0.3 is 0 Å². The van der Waals surface area contributed by atoms with E-state index in [-0.39, 0.29) is 11.9 Å². The number of carbonyl (C=O) groups is 1. The molecule has 5 nitrogen and oxygen atoms in total. The molecule has 1 N–H and O–H groups in total. The van der Waals surface area contributed by atoms with Crippen molar-refractivity contribution in [1.29, 1.82) is 0 Å². The summed E-state index contributed by atoms with van der Waals surface area (Å²) in [5, 5.41) is 3.18. The van der Waals surface area contributed by atoms with Gasteiger partial charge in [-0.15, -0.1) is 11.8 Å². The van der Waals surface area contributed by atoms with E-state index in [1.165, 1.54) is 10.5 Å². The fraction of sp³-hybridized carbons (Fsp3) is 0.409. The van der Waals surface area contributed by atoms with Crippen molar-refractivity contribution in [2.75, 3.05) is 25.6 Å². The number of ether oxygens (including phenoxy) is 3. The van der Waals surface area contributed by atoms with E-state index < -0.39 is 0 Å². The van der Waals surface area contributed by atoms with Gasteiger partial charge in [0.1, 0.15) is 0 Å². The van der Waals surface area contributed by atoms with Crippen molar-refractivity contribution >= 4 is 17.7 Å². The maximum atomic E-state index is 13.0. The Kier molecular flexibility index (Phi) is 7.09. The molecule has 1 aliphatic heterocycles. The quantitative estimate of drug-likeness (QED) is 0.685. The Morgan fingerprint density at radius 1 is 1.04 bits per heavy atom. The van der Waals surface area contributed by atoms with Crippen molar-refractivity contribution in [1.82, 2.24) is 5.32 Å². The number of carbonyl (C=O) groups excluding carboxylic acids is 1. The molecule has 0 saturated carbocycles. The second kappa shape index (κ2) is 9.73. The van der Waals surface area contributed by atoms with E-state index in [0.717, 1.165) is 12.2 Å². The van der Waals surface area contributed by atoms with Crippen molar-refractivity contribution in [3.63, 3.8) is 0 Å². The molecule has 0 aromatic heterocycles. The molecule has 150 valence electrons. The summed E-state index contributed by atoms with van der Waals surface area (Å²) in [7, 11) is 0. The van der Waals surface area contributed by atoms with Gasteiger partial charge in [0.2, 0.25) is 5.75 Å². The number of thioether (sulfide) groups is 1. The molecule has 6 heteroatoms. The highest BCUT2D eigenvalue weighted by atomic mass is 32.2. The molecule has 3 rings (SSSR count). The molecule has 0 unspecified atom stereocenters. The molecule has 1 aliphatic rings. The van der Waals surface area contributed by atoms with Crippen LogP contribution in [0.3, 0.4) is 0 Å². The molecule has 28 heavy (non-hydrogen) atoms. The Balaban J connectivity index is 1.89. The average molecular weight is 402 g/mol. The topological polar surface area (TPSA) is 56.8 Å². The first-order valence-corrected chi connectivity index (χ1v) is 10.7. The monoisotopic (exact) mass is 401 g/mol. The zero-order valence-corrected chi connectivity index (χ0v) is 17.4. The van der Waals surface area contributed by atoms with E-state index in [4.69, 9.17) is 14.2 Å². The predicted molar refractivity (Wildman–Crippen MR) is 112 cm³/mol. The van der Waals surface area contributed by atoms with E-state index in [0.29, 0.717) is 42.6 Å². The van der Waals surface area contributed by atoms with Gasteiger partial charge in [-0.3, -0.25) is 4.79 Å². The van der Waals surface area contributed by atoms with Crippen molar-refractivity contribution in [3.05, 3.63) is 47.5 Å². The lowest BCUT2D eigenvalue weighted by Crippen LogP contribution is -2.30. The van der Waals surface area contributed by atoms with E-state index in [9.17, 15) is 4.79 Å². The highest BCUT2D eigenvalue weighted by Crippen LogP contribution is 2.40. The third kappa shape index (κ3) is 4.55. The van der Waals surface area contributed by atoms with E-state index >= 15 is 0 Å². The van der Waals surface area contributed by atoms with Crippen LogP contribution >= 0.6 is 11.8 Å². The van der Waals surface area contributed by atoms with Crippen LogP contribution in [0.15, 0.2) is 41.3 Å². The van der Waals surface area contributed by atoms with Crippen LogP contribution in [0, 0.1) is 0 Å². The zero-order valence-electron chi connectivity index (χ0n) is 16.6. The van der Waals surface area contributed by atoms with Gasteiger partial charge in [0.25, 0.3) is 5.91 Å². The summed E-state index contributed by atoms with van der Waals surface area (Å²) in [6.07, 6.45) is 0.904. The average Bonchev–Trinajstić information content (AvgIpc) is 2.71. The number of fused-ring (bicyclic) bond motifs is 1. The van der Waals surface area contributed by atoms with Crippen molar-refractivity contribution in [2.45, 2.75) is 38.1 Å². The molecule has 1 heterocycles. The maximum absolute atomic E-state index is 13.0. The van der Waals surface area contributed by atoms with Crippen LogP contribution in [-0.2, 0) is 0 Å². The summed E-state index contributed by atoms with van der Waals surface area (Å²) in [5.74, 6) is 2.44. The Morgan fingerprint density at radius 3 is 2.32 bits per heavy atom. The zero-order chi connectivity index (χ0) is 19.9. The summed E-state index contributed by atoms with van der Waals surface area (Å²) < 4.78 is 17.2. The van der Waals surface area contributed by atoms with Crippen molar-refractivity contribution < 1.29 is 19.0 Å². The molecule has 2 aromatic carbocycles. The van der Waals surface area contributed by atoms with E-state index in [1.54, 1.807) is 12.1 Å². The smallest absolute Gasteiger partial charge is 0.252 e. The molecule has 1 atom stereocenters. The molecule has 0 saturated heterocycles. The van der Waals surface area contributed by atoms with Gasteiger partial charge in [-0.1, -0.05) is 18.2 Å².